The molecule has 2 nitrogen and oxygen atoms in total. The van der Waals surface area contributed by atoms with Gasteiger partial charge in [-0.3, -0.25) is 0 Å². The number of aryl methyl sites for hydroxylation is 1. The number of benzene rings is 1. The van der Waals surface area contributed by atoms with E-state index < -0.39 is 0 Å². The maximum atomic E-state index is 8.63. The van der Waals surface area contributed by atoms with E-state index in [0.29, 0.717) is 5.56 Å². The van der Waals surface area contributed by atoms with Gasteiger partial charge < -0.3 is 5.73 Å². The predicted octanol–water partition coefficient (Wildman–Crippen LogP) is 7.51. The third kappa shape index (κ3) is 15.8. The van der Waals surface area contributed by atoms with Gasteiger partial charge >= 0.3 is 0 Å². The number of rotatable bonds is 8. The van der Waals surface area contributed by atoms with Crippen molar-refractivity contribution in [1.29, 1.82) is 5.26 Å². The average molecular weight is 347 g/mol. The summed E-state index contributed by atoms with van der Waals surface area (Å²) < 4.78 is 0. The van der Waals surface area contributed by atoms with Crippen LogP contribution in [0.25, 0.3) is 0 Å². The lowest BCUT2D eigenvalue weighted by Gasteiger charge is -2.05. The predicted molar refractivity (Wildman–Crippen MR) is 114 cm³/mol. The fraction of sp³-hybridized carbons (Fsp3) is 0.696. The largest absolute Gasteiger partial charge is 0.399 e. The Bertz CT molecular complexity index is 444. The summed E-state index contributed by atoms with van der Waals surface area (Å²) in [5.74, 6) is 0.955. The molecule has 1 unspecified atom stereocenters. The number of hydrogen-bond acceptors (Lipinski definition) is 2. The van der Waals surface area contributed by atoms with Crippen LogP contribution in [0, 0.1) is 17.2 Å². The van der Waals surface area contributed by atoms with E-state index in [1.165, 1.54) is 44.9 Å². The Morgan fingerprint density at radius 3 is 2.04 bits per heavy atom. The third-order valence-electron chi connectivity index (χ3n) is 4.29. The minimum Gasteiger partial charge on any atom is -0.399 e. The number of nitrogen functional groups attached to an aromatic ring is 1. The van der Waals surface area contributed by atoms with Gasteiger partial charge in [-0.25, -0.2) is 0 Å². The first-order valence-electron chi connectivity index (χ1n) is 10.3. The zero-order valence-electron chi connectivity index (χ0n) is 17.7. The van der Waals surface area contributed by atoms with Gasteiger partial charge in [-0.2, -0.15) is 5.26 Å². The van der Waals surface area contributed by atoms with Gasteiger partial charge in [0.25, 0.3) is 0 Å². The molecular formula is C23H42N2. The lowest BCUT2D eigenvalue weighted by molar-refractivity contribution is 0.482. The molecule has 1 aromatic rings. The molecule has 0 spiro atoms. The second-order valence-corrected chi connectivity index (χ2v) is 6.78. The Hall–Kier alpha value is -1.49. The van der Waals surface area contributed by atoms with Crippen LogP contribution in [0.2, 0.25) is 0 Å². The fourth-order valence-electron chi connectivity index (χ4n) is 2.11. The van der Waals surface area contributed by atoms with Crippen molar-refractivity contribution in [3.63, 3.8) is 0 Å². The SMILES string of the molecule is CCCC.CCCCCC(C)CC.CCCc1cc(C#N)ccc1N. The smallest absolute Gasteiger partial charge is 0.0991 e. The van der Waals surface area contributed by atoms with Crippen molar-refractivity contribution < 1.29 is 0 Å². The Labute approximate surface area is 157 Å². The molecule has 1 atom stereocenters. The molecule has 0 heterocycles. The van der Waals surface area contributed by atoms with Crippen LogP contribution in [0.1, 0.15) is 104 Å². The number of nitrogens with zero attached hydrogens (tertiary/aromatic N) is 1. The Kier molecular flexibility index (Phi) is 19.4. The van der Waals surface area contributed by atoms with Crippen LogP contribution in [0.3, 0.4) is 0 Å². The molecule has 25 heavy (non-hydrogen) atoms. The van der Waals surface area contributed by atoms with Gasteiger partial charge in [0.05, 0.1) is 11.6 Å². The summed E-state index contributed by atoms with van der Waals surface area (Å²) in [7, 11) is 0. The highest BCUT2D eigenvalue weighted by atomic mass is 14.6. The topological polar surface area (TPSA) is 49.8 Å². The summed E-state index contributed by atoms with van der Waals surface area (Å²) in [6, 6.07) is 7.50. The molecule has 0 aliphatic rings. The van der Waals surface area contributed by atoms with Crippen LogP contribution in [0.15, 0.2) is 18.2 Å². The zero-order valence-corrected chi connectivity index (χ0v) is 17.7. The third-order valence-corrected chi connectivity index (χ3v) is 4.29. The molecule has 0 aliphatic carbocycles. The average Bonchev–Trinajstić information content (AvgIpc) is 2.64. The Morgan fingerprint density at radius 2 is 1.60 bits per heavy atom. The van der Waals surface area contributed by atoms with E-state index in [1.54, 1.807) is 12.1 Å². The molecular weight excluding hydrogens is 304 g/mol. The summed E-state index contributed by atoms with van der Waals surface area (Å²) in [6.07, 6.45) is 11.6. The first-order chi connectivity index (χ1) is 12.0. The van der Waals surface area contributed by atoms with Gasteiger partial charge in [0.2, 0.25) is 0 Å². The van der Waals surface area contributed by atoms with E-state index in [-0.39, 0.29) is 0 Å². The number of nitriles is 1. The molecule has 0 aliphatic heterocycles. The summed E-state index contributed by atoms with van der Waals surface area (Å²) >= 11 is 0. The van der Waals surface area contributed by atoms with Crippen molar-refractivity contribution in [2.75, 3.05) is 5.73 Å². The standard InChI is InChI=1S/C10H12N2.C9H20.C4H10/c1-2-3-9-6-8(7-11)4-5-10(9)12;1-4-6-7-8-9(3)5-2;1-3-4-2/h4-6H,2-3,12H2,1H3;9H,4-8H2,1-3H3;3-4H2,1-2H3. The summed E-state index contributed by atoms with van der Waals surface area (Å²) in [4.78, 5) is 0. The molecule has 0 radical (unpaired) electrons. The fourth-order valence-corrected chi connectivity index (χ4v) is 2.11. The van der Waals surface area contributed by atoms with Gasteiger partial charge in [0.15, 0.2) is 0 Å². The van der Waals surface area contributed by atoms with Crippen molar-refractivity contribution >= 4 is 5.69 Å². The lowest BCUT2D eigenvalue weighted by atomic mass is 10.0. The van der Waals surface area contributed by atoms with E-state index in [0.717, 1.165) is 30.0 Å². The number of anilines is 1. The molecule has 0 saturated carbocycles. The van der Waals surface area contributed by atoms with Gasteiger partial charge in [-0.15, -0.1) is 0 Å². The first-order valence-corrected chi connectivity index (χ1v) is 10.3. The van der Waals surface area contributed by atoms with Crippen LogP contribution < -0.4 is 5.73 Å². The lowest BCUT2D eigenvalue weighted by Crippen LogP contribution is -1.94. The molecule has 2 heteroatoms. The number of hydrogen-bond donors (Lipinski definition) is 1. The summed E-state index contributed by atoms with van der Waals surface area (Å²) in [5, 5.41) is 8.63. The molecule has 0 aromatic heterocycles. The molecule has 144 valence electrons. The summed E-state index contributed by atoms with van der Waals surface area (Å²) in [5.41, 5.74) is 8.28. The minimum absolute atomic E-state index is 0.688. The first kappa shape index (κ1) is 25.7. The van der Waals surface area contributed by atoms with E-state index in [4.69, 9.17) is 11.0 Å². The van der Waals surface area contributed by atoms with Crippen molar-refractivity contribution in [3.8, 4) is 6.07 Å². The molecule has 0 bridgehead atoms. The normalized spacial score (nSPS) is 10.6. The van der Waals surface area contributed by atoms with Crippen LogP contribution in [-0.2, 0) is 6.42 Å². The van der Waals surface area contributed by atoms with Gasteiger partial charge in [-0.1, -0.05) is 92.9 Å². The van der Waals surface area contributed by atoms with Crippen molar-refractivity contribution in [1.82, 2.24) is 0 Å². The minimum atomic E-state index is 0.688. The second-order valence-electron chi connectivity index (χ2n) is 6.78. The van der Waals surface area contributed by atoms with E-state index in [1.807, 2.05) is 6.07 Å². The van der Waals surface area contributed by atoms with Crippen LogP contribution in [0.4, 0.5) is 5.69 Å². The quantitative estimate of drug-likeness (QED) is 0.391. The van der Waals surface area contributed by atoms with Gasteiger partial charge in [-0.05, 0) is 36.1 Å². The maximum absolute atomic E-state index is 8.63. The van der Waals surface area contributed by atoms with Gasteiger partial charge in [0, 0.05) is 5.69 Å². The Balaban J connectivity index is 0. The highest BCUT2D eigenvalue weighted by molar-refractivity contribution is 5.51. The Morgan fingerprint density at radius 1 is 0.960 bits per heavy atom. The molecule has 0 fully saturated rings. The van der Waals surface area contributed by atoms with Crippen LogP contribution in [0.5, 0.6) is 0 Å². The number of nitrogens with two attached hydrogens (primary N) is 1. The van der Waals surface area contributed by atoms with Crippen LogP contribution in [-0.4, -0.2) is 0 Å². The van der Waals surface area contributed by atoms with Gasteiger partial charge in [0.1, 0.15) is 0 Å². The number of unbranched alkanes of at least 4 members (excludes halogenated alkanes) is 3. The summed E-state index contributed by atoms with van der Waals surface area (Å²) in [6.45, 7) is 13.3. The maximum Gasteiger partial charge on any atom is 0.0991 e. The van der Waals surface area contributed by atoms with E-state index in [2.05, 4.69) is 47.6 Å². The molecule has 1 rings (SSSR count). The van der Waals surface area contributed by atoms with Crippen molar-refractivity contribution in [3.05, 3.63) is 29.3 Å². The van der Waals surface area contributed by atoms with E-state index in [9.17, 15) is 0 Å². The monoisotopic (exact) mass is 346 g/mol. The molecule has 2 N–H and O–H groups in total. The highest BCUT2D eigenvalue weighted by Gasteiger charge is 1.99. The molecule has 0 saturated heterocycles. The van der Waals surface area contributed by atoms with E-state index >= 15 is 0 Å². The molecule has 0 amide bonds. The highest BCUT2D eigenvalue weighted by Crippen LogP contribution is 2.15. The molecule has 1 aromatic carbocycles. The van der Waals surface area contributed by atoms with Crippen molar-refractivity contribution in [2.45, 2.75) is 99.3 Å². The second kappa shape index (κ2) is 18.8. The zero-order chi connectivity index (χ0) is 19.5. The van der Waals surface area contributed by atoms with Crippen molar-refractivity contribution in [2.24, 2.45) is 5.92 Å². The van der Waals surface area contributed by atoms with Crippen LogP contribution >= 0.6 is 0 Å².